The van der Waals surface area contributed by atoms with Gasteiger partial charge in [0.1, 0.15) is 16.5 Å². The predicted molar refractivity (Wildman–Crippen MR) is 128 cm³/mol. The summed E-state index contributed by atoms with van der Waals surface area (Å²) >= 11 is 3.31. The van der Waals surface area contributed by atoms with Crippen LogP contribution < -0.4 is 15.0 Å². The molecule has 7 nitrogen and oxygen atoms in total. The molecule has 0 aliphatic rings. The molecule has 1 N–H and O–H groups in total. The van der Waals surface area contributed by atoms with E-state index in [1.165, 1.54) is 10.6 Å². The fourth-order valence-electron chi connectivity index (χ4n) is 3.43. The summed E-state index contributed by atoms with van der Waals surface area (Å²) in [4.78, 5) is 17.6. The van der Waals surface area contributed by atoms with Crippen molar-refractivity contribution in [3.8, 4) is 11.4 Å². The SMILES string of the molecule is CCOc1ccc(Br)cc1S(=O)(=O)Nc1cccc(-n2c(C)nc3ccccc3c2=O)c1. The summed E-state index contributed by atoms with van der Waals surface area (Å²) < 4.78 is 36.4. The Kier molecular flexibility index (Phi) is 6.03. The van der Waals surface area contributed by atoms with Gasteiger partial charge in [-0.2, -0.15) is 0 Å². The molecule has 0 saturated carbocycles. The van der Waals surface area contributed by atoms with E-state index < -0.39 is 10.0 Å². The van der Waals surface area contributed by atoms with E-state index in [-0.39, 0.29) is 16.2 Å². The standard InChI is InChI=1S/C23H20BrN3O4S/c1-3-31-21-12-11-16(24)13-22(21)32(29,30)26-17-7-6-8-18(14-17)27-15(2)25-20-10-5-4-9-19(20)23(27)28/h4-14,26H,3H2,1-2H3. The third-order valence-electron chi connectivity index (χ3n) is 4.80. The molecule has 4 rings (SSSR count). The third kappa shape index (κ3) is 4.26. The van der Waals surface area contributed by atoms with E-state index in [4.69, 9.17) is 4.74 Å². The van der Waals surface area contributed by atoms with E-state index in [1.807, 2.05) is 6.07 Å². The number of sulfonamides is 1. The molecular formula is C23H20BrN3O4S. The van der Waals surface area contributed by atoms with Crippen molar-refractivity contribution in [2.75, 3.05) is 11.3 Å². The lowest BCUT2D eigenvalue weighted by atomic mass is 10.2. The lowest BCUT2D eigenvalue weighted by molar-refractivity contribution is 0.331. The summed E-state index contributed by atoms with van der Waals surface area (Å²) in [6.07, 6.45) is 0. The van der Waals surface area contributed by atoms with E-state index in [0.29, 0.717) is 39.2 Å². The lowest BCUT2D eigenvalue weighted by Gasteiger charge is -2.15. The second kappa shape index (κ2) is 8.76. The van der Waals surface area contributed by atoms with Crippen LogP contribution in [0.3, 0.4) is 0 Å². The Morgan fingerprint density at radius 2 is 1.84 bits per heavy atom. The van der Waals surface area contributed by atoms with Gasteiger partial charge in [0.2, 0.25) is 0 Å². The number of fused-ring (bicyclic) bond motifs is 1. The molecule has 0 spiro atoms. The molecule has 1 heterocycles. The summed E-state index contributed by atoms with van der Waals surface area (Å²) in [5.74, 6) is 0.754. The van der Waals surface area contributed by atoms with Gasteiger partial charge in [0.25, 0.3) is 15.6 Å². The quantitative estimate of drug-likeness (QED) is 0.405. The maximum absolute atomic E-state index is 13.1. The van der Waals surface area contributed by atoms with E-state index >= 15 is 0 Å². The molecule has 1 aromatic heterocycles. The van der Waals surface area contributed by atoms with Gasteiger partial charge in [-0.1, -0.05) is 34.1 Å². The largest absolute Gasteiger partial charge is 0.492 e. The molecule has 9 heteroatoms. The Morgan fingerprint density at radius 3 is 2.62 bits per heavy atom. The van der Waals surface area contributed by atoms with Crippen LogP contribution in [0, 0.1) is 6.92 Å². The van der Waals surface area contributed by atoms with Gasteiger partial charge >= 0.3 is 0 Å². The average molecular weight is 514 g/mol. The van der Waals surface area contributed by atoms with E-state index in [9.17, 15) is 13.2 Å². The number of hydrogen-bond donors (Lipinski definition) is 1. The van der Waals surface area contributed by atoms with Gasteiger partial charge in [0.05, 0.1) is 28.9 Å². The first kappa shape index (κ1) is 22.0. The molecule has 0 aliphatic heterocycles. The molecule has 32 heavy (non-hydrogen) atoms. The first-order valence-electron chi connectivity index (χ1n) is 9.84. The maximum atomic E-state index is 13.1. The Hall–Kier alpha value is -3.17. The lowest BCUT2D eigenvalue weighted by Crippen LogP contribution is -2.22. The molecule has 0 unspecified atom stereocenters. The summed E-state index contributed by atoms with van der Waals surface area (Å²) in [5.41, 5.74) is 1.20. The van der Waals surface area contributed by atoms with Crippen LogP contribution in [-0.2, 0) is 10.0 Å². The number of nitrogens with zero attached hydrogens (tertiary/aromatic N) is 2. The Morgan fingerprint density at radius 1 is 1.06 bits per heavy atom. The highest BCUT2D eigenvalue weighted by atomic mass is 79.9. The first-order chi connectivity index (χ1) is 15.3. The normalized spacial score (nSPS) is 11.5. The number of para-hydroxylation sites is 1. The smallest absolute Gasteiger partial charge is 0.265 e. The number of rotatable bonds is 6. The van der Waals surface area contributed by atoms with Crippen molar-refractivity contribution >= 4 is 42.5 Å². The van der Waals surface area contributed by atoms with Gasteiger partial charge in [-0.25, -0.2) is 13.4 Å². The Balaban J connectivity index is 1.76. The minimum absolute atomic E-state index is 0.0137. The van der Waals surface area contributed by atoms with Crippen molar-refractivity contribution < 1.29 is 13.2 Å². The zero-order valence-corrected chi connectivity index (χ0v) is 19.8. The molecular weight excluding hydrogens is 494 g/mol. The van der Waals surface area contributed by atoms with E-state index in [1.54, 1.807) is 68.4 Å². The van der Waals surface area contributed by atoms with Crippen LogP contribution >= 0.6 is 15.9 Å². The molecule has 4 aromatic rings. The van der Waals surface area contributed by atoms with Crippen LogP contribution in [0.1, 0.15) is 12.7 Å². The maximum Gasteiger partial charge on any atom is 0.265 e. The predicted octanol–water partition coefficient (Wildman–Crippen LogP) is 4.66. The van der Waals surface area contributed by atoms with Crippen molar-refractivity contribution in [1.82, 2.24) is 9.55 Å². The third-order valence-corrected chi connectivity index (χ3v) is 6.69. The van der Waals surface area contributed by atoms with Crippen LogP contribution in [0.4, 0.5) is 5.69 Å². The molecule has 0 bridgehead atoms. The van der Waals surface area contributed by atoms with Crippen LogP contribution in [-0.4, -0.2) is 24.6 Å². The van der Waals surface area contributed by atoms with Crippen molar-refractivity contribution in [2.24, 2.45) is 0 Å². The van der Waals surface area contributed by atoms with Gasteiger partial charge in [-0.3, -0.25) is 14.1 Å². The highest BCUT2D eigenvalue weighted by Gasteiger charge is 2.21. The minimum Gasteiger partial charge on any atom is -0.492 e. The Bertz CT molecular complexity index is 1480. The molecule has 0 radical (unpaired) electrons. The van der Waals surface area contributed by atoms with Gasteiger partial charge in [0, 0.05) is 4.47 Å². The fraction of sp³-hybridized carbons (Fsp3) is 0.130. The van der Waals surface area contributed by atoms with Crippen molar-refractivity contribution in [3.63, 3.8) is 0 Å². The molecule has 3 aromatic carbocycles. The second-order valence-corrected chi connectivity index (χ2v) is 9.56. The average Bonchev–Trinajstić information content (AvgIpc) is 2.75. The number of ether oxygens (including phenoxy) is 1. The molecule has 0 amide bonds. The van der Waals surface area contributed by atoms with Gasteiger partial charge in [-0.05, 0) is 62.4 Å². The summed E-state index contributed by atoms with van der Waals surface area (Å²) in [6.45, 7) is 3.85. The fourth-order valence-corrected chi connectivity index (χ4v) is 5.17. The molecule has 164 valence electrons. The van der Waals surface area contributed by atoms with E-state index in [2.05, 4.69) is 25.6 Å². The zero-order valence-electron chi connectivity index (χ0n) is 17.4. The van der Waals surface area contributed by atoms with Crippen LogP contribution in [0.15, 0.2) is 80.9 Å². The first-order valence-corrected chi connectivity index (χ1v) is 12.1. The van der Waals surface area contributed by atoms with Crippen LogP contribution in [0.2, 0.25) is 0 Å². The van der Waals surface area contributed by atoms with E-state index in [0.717, 1.165) is 0 Å². The number of benzene rings is 3. The van der Waals surface area contributed by atoms with Gasteiger partial charge in [0.15, 0.2) is 0 Å². The molecule has 0 aliphatic carbocycles. The number of aromatic nitrogens is 2. The van der Waals surface area contributed by atoms with Crippen molar-refractivity contribution in [3.05, 3.63) is 87.4 Å². The summed E-state index contributed by atoms with van der Waals surface area (Å²) in [7, 11) is -3.95. The number of aryl methyl sites for hydroxylation is 1. The van der Waals surface area contributed by atoms with Gasteiger partial charge < -0.3 is 4.74 Å². The van der Waals surface area contributed by atoms with Crippen molar-refractivity contribution in [2.45, 2.75) is 18.7 Å². The number of anilines is 1. The van der Waals surface area contributed by atoms with Gasteiger partial charge in [-0.15, -0.1) is 0 Å². The topological polar surface area (TPSA) is 90.3 Å². The monoisotopic (exact) mass is 513 g/mol. The number of nitrogens with one attached hydrogen (secondary N) is 1. The minimum atomic E-state index is -3.95. The highest BCUT2D eigenvalue weighted by Crippen LogP contribution is 2.29. The second-order valence-electron chi connectivity index (χ2n) is 7.00. The Labute approximate surface area is 193 Å². The summed E-state index contributed by atoms with van der Waals surface area (Å²) in [6, 6.07) is 18.5. The number of hydrogen-bond acceptors (Lipinski definition) is 5. The molecule has 0 atom stereocenters. The number of halogens is 1. The zero-order chi connectivity index (χ0) is 22.9. The highest BCUT2D eigenvalue weighted by molar-refractivity contribution is 9.10. The molecule has 0 saturated heterocycles. The van der Waals surface area contributed by atoms with Crippen molar-refractivity contribution in [1.29, 1.82) is 0 Å². The summed E-state index contributed by atoms with van der Waals surface area (Å²) in [5, 5.41) is 0.486. The van der Waals surface area contributed by atoms with Crippen LogP contribution in [0.25, 0.3) is 16.6 Å². The molecule has 0 fully saturated rings. The van der Waals surface area contributed by atoms with Crippen LogP contribution in [0.5, 0.6) is 5.75 Å².